The molecule has 31 heavy (non-hydrogen) atoms. The van der Waals surface area contributed by atoms with Crippen molar-refractivity contribution in [1.29, 1.82) is 0 Å². The van der Waals surface area contributed by atoms with E-state index >= 15 is 0 Å². The SMILES string of the molecule is CN1CCC(N2CCN(c3ncccc3-c3nnc(-c4ccc(Cl)cc4)o3)CC2)CC1. The molecule has 0 atom stereocenters. The van der Waals surface area contributed by atoms with Gasteiger partial charge in [0.15, 0.2) is 0 Å². The first-order valence-corrected chi connectivity index (χ1v) is 11.3. The van der Waals surface area contributed by atoms with E-state index in [4.69, 9.17) is 16.0 Å². The van der Waals surface area contributed by atoms with Crippen LogP contribution in [-0.2, 0) is 0 Å². The van der Waals surface area contributed by atoms with Crippen LogP contribution in [0.1, 0.15) is 12.8 Å². The molecule has 1 aromatic carbocycles. The third kappa shape index (κ3) is 4.44. The van der Waals surface area contributed by atoms with Gasteiger partial charge in [-0.2, -0.15) is 0 Å². The first-order chi connectivity index (χ1) is 15.2. The summed E-state index contributed by atoms with van der Waals surface area (Å²) in [5, 5.41) is 9.22. The van der Waals surface area contributed by atoms with Crippen molar-refractivity contribution < 1.29 is 4.42 Å². The van der Waals surface area contributed by atoms with Gasteiger partial charge in [-0.3, -0.25) is 4.90 Å². The van der Waals surface area contributed by atoms with Crippen LogP contribution in [0.5, 0.6) is 0 Å². The average molecular weight is 439 g/mol. The molecule has 162 valence electrons. The minimum Gasteiger partial charge on any atom is -0.416 e. The number of hydrogen-bond acceptors (Lipinski definition) is 7. The highest BCUT2D eigenvalue weighted by molar-refractivity contribution is 6.30. The van der Waals surface area contributed by atoms with E-state index in [-0.39, 0.29) is 0 Å². The summed E-state index contributed by atoms with van der Waals surface area (Å²) in [6, 6.07) is 12.0. The van der Waals surface area contributed by atoms with Gasteiger partial charge in [-0.25, -0.2) is 4.98 Å². The minimum absolute atomic E-state index is 0.480. The van der Waals surface area contributed by atoms with Gasteiger partial charge in [0.05, 0.1) is 5.56 Å². The number of aromatic nitrogens is 3. The first-order valence-electron chi connectivity index (χ1n) is 10.9. The molecule has 8 heteroatoms. The van der Waals surface area contributed by atoms with Crippen LogP contribution < -0.4 is 4.90 Å². The Hall–Kier alpha value is -2.48. The maximum atomic E-state index is 6.01. The van der Waals surface area contributed by atoms with Crippen molar-refractivity contribution >= 4 is 17.4 Å². The standard InChI is InChI=1S/C23H27ClN6O/c1-28-11-8-19(9-12-28)29-13-15-30(16-14-29)21-20(3-2-10-25-21)23-27-26-22(31-23)17-4-6-18(24)7-5-17/h2-7,10,19H,8-9,11-16H2,1H3. The molecule has 4 heterocycles. The molecule has 0 aliphatic carbocycles. The smallest absolute Gasteiger partial charge is 0.251 e. The second-order valence-corrected chi connectivity index (χ2v) is 8.79. The molecule has 0 saturated carbocycles. The van der Waals surface area contributed by atoms with Crippen LogP contribution in [0.4, 0.5) is 5.82 Å². The Bertz CT molecular complexity index is 1010. The van der Waals surface area contributed by atoms with Crippen LogP contribution in [0.3, 0.4) is 0 Å². The number of rotatable bonds is 4. The second kappa shape index (κ2) is 8.94. The summed E-state index contributed by atoms with van der Waals surface area (Å²) in [6.07, 6.45) is 4.36. The van der Waals surface area contributed by atoms with Gasteiger partial charge in [0.2, 0.25) is 5.89 Å². The summed E-state index contributed by atoms with van der Waals surface area (Å²) < 4.78 is 6.01. The topological polar surface area (TPSA) is 61.5 Å². The average Bonchev–Trinajstić information content (AvgIpc) is 3.30. The minimum atomic E-state index is 0.480. The van der Waals surface area contributed by atoms with Gasteiger partial charge >= 0.3 is 0 Å². The molecule has 2 aliphatic rings. The van der Waals surface area contributed by atoms with Crippen molar-refractivity contribution in [2.45, 2.75) is 18.9 Å². The Morgan fingerprint density at radius 2 is 1.61 bits per heavy atom. The van der Waals surface area contributed by atoms with Crippen molar-refractivity contribution in [3.8, 4) is 22.9 Å². The maximum Gasteiger partial charge on any atom is 0.251 e. The highest BCUT2D eigenvalue weighted by atomic mass is 35.5. The van der Waals surface area contributed by atoms with Gasteiger partial charge in [0.1, 0.15) is 5.82 Å². The number of anilines is 1. The molecule has 0 bridgehead atoms. The molecular formula is C23H27ClN6O. The summed E-state index contributed by atoms with van der Waals surface area (Å²) in [4.78, 5) is 12.1. The number of hydrogen-bond donors (Lipinski definition) is 0. The van der Waals surface area contributed by atoms with Gasteiger partial charge in [-0.05, 0) is 69.4 Å². The molecule has 0 N–H and O–H groups in total. The fourth-order valence-corrected chi connectivity index (χ4v) is 4.64. The normalized spacial score (nSPS) is 19.1. The van der Waals surface area contributed by atoms with Crippen LogP contribution in [-0.4, -0.2) is 77.3 Å². The Balaban J connectivity index is 1.31. The largest absolute Gasteiger partial charge is 0.416 e. The molecule has 5 rings (SSSR count). The number of benzene rings is 1. The zero-order valence-electron chi connectivity index (χ0n) is 17.7. The van der Waals surface area contributed by atoms with Crippen LogP contribution in [0.2, 0.25) is 5.02 Å². The number of piperazine rings is 1. The van der Waals surface area contributed by atoms with Gasteiger partial charge in [-0.1, -0.05) is 11.6 Å². The van der Waals surface area contributed by atoms with E-state index in [1.807, 2.05) is 42.6 Å². The van der Waals surface area contributed by atoms with E-state index in [1.165, 1.54) is 25.9 Å². The highest BCUT2D eigenvalue weighted by Crippen LogP contribution is 2.31. The van der Waals surface area contributed by atoms with E-state index in [2.05, 4.69) is 36.9 Å². The van der Waals surface area contributed by atoms with Crippen molar-refractivity contribution in [3.63, 3.8) is 0 Å². The lowest BCUT2D eigenvalue weighted by Gasteiger charge is -2.42. The Morgan fingerprint density at radius 3 is 2.35 bits per heavy atom. The zero-order chi connectivity index (χ0) is 21.2. The van der Waals surface area contributed by atoms with E-state index < -0.39 is 0 Å². The van der Waals surface area contributed by atoms with E-state index in [0.29, 0.717) is 22.8 Å². The molecule has 2 aliphatic heterocycles. The van der Waals surface area contributed by atoms with Crippen molar-refractivity contribution in [2.75, 3.05) is 51.2 Å². The zero-order valence-corrected chi connectivity index (χ0v) is 18.5. The number of pyridine rings is 1. The van der Waals surface area contributed by atoms with E-state index in [0.717, 1.165) is 43.1 Å². The predicted molar refractivity (Wildman–Crippen MR) is 122 cm³/mol. The summed E-state index contributed by atoms with van der Waals surface area (Å²) in [6.45, 7) is 6.42. The molecular weight excluding hydrogens is 412 g/mol. The lowest BCUT2D eigenvalue weighted by Crippen LogP contribution is -2.53. The molecule has 2 fully saturated rings. The van der Waals surface area contributed by atoms with Crippen LogP contribution in [0.15, 0.2) is 47.0 Å². The fraction of sp³-hybridized carbons (Fsp3) is 0.435. The number of nitrogens with zero attached hydrogens (tertiary/aromatic N) is 6. The molecule has 0 spiro atoms. The van der Waals surface area contributed by atoms with Crippen LogP contribution in [0, 0.1) is 0 Å². The third-order valence-electron chi connectivity index (χ3n) is 6.35. The number of likely N-dealkylation sites (tertiary alicyclic amines) is 1. The number of piperidine rings is 1. The Labute approximate surface area is 187 Å². The van der Waals surface area contributed by atoms with Gasteiger partial charge in [0.25, 0.3) is 5.89 Å². The number of halogens is 1. The van der Waals surface area contributed by atoms with Crippen molar-refractivity contribution in [2.24, 2.45) is 0 Å². The third-order valence-corrected chi connectivity index (χ3v) is 6.60. The molecule has 3 aromatic rings. The molecule has 0 unspecified atom stereocenters. The molecule has 2 aromatic heterocycles. The van der Waals surface area contributed by atoms with Gasteiger partial charge in [0, 0.05) is 49.0 Å². The Morgan fingerprint density at radius 1 is 0.903 bits per heavy atom. The summed E-state index contributed by atoms with van der Waals surface area (Å²) in [5.74, 6) is 1.89. The fourth-order valence-electron chi connectivity index (χ4n) is 4.52. The molecule has 0 amide bonds. The lowest BCUT2D eigenvalue weighted by atomic mass is 10.0. The van der Waals surface area contributed by atoms with Gasteiger partial charge in [-0.15, -0.1) is 10.2 Å². The van der Waals surface area contributed by atoms with E-state index in [9.17, 15) is 0 Å². The lowest BCUT2D eigenvalue weighted by molar-refractivity contribution is 0.115. The maximum absolute atomic E-state index is 6.01. The van der Waals surface area contributed by atoms with Gasteiger partial charge < -0.3 is 14.2 Å². The molecule has 7 nitrogen and oxygen atoms in total. The second-order valence-electron chi connectivity index (χ2n) is 8.35. The van der Waals surface area contributed by atoms with Crippen LogP contribution >= 0.6 is 11.6 Å². The molecule has 0 radical (unpaired) electrons. The Kier molecular flexibility index (Phi) is 5.89. The molecule has 2 saturated heterocycles. The van der Waals surface area contributed by atoms with E-state index in [1.54, 1.807) is 0 Å². The van der Waals surface area contributed by atoms with Crippen molar-refractivity contribution in [3.05, 3.63) is 47.6 Å². The summed E-state index contributed by atoms with van der Waals surface area (Å²) in [7, 11) is 2.21. The van der Waals surface area contributed by atoms with Crippen LogP contribution in [0.25, 0.3) is 22.9 Å². The predicted octanol–water partition coefficient (Wildman–Crippen LogP) is 3.67. The quantitative estimate of drug-likeness (QED) is 0.615. The summed E-state index contributed by atoms with van der Waals surface area (Å²) >= 11 is 5.99. The van der Waals surface area contributed by atoms with Crippen molar-refractivity contribution in [1.82, 2.24) is 25.0 Å². The first kappa shape index (κ1) is 20.4. The monoisotopic (exact) mass is 438 g/mol. The highest BCUT2D eigenvalue weighted by Gasteiger charge is 2.28. The summed E-state index contributed by atoms with van der Waals surface area (Å²) in [5.41, 5.74) is 1.73.